The third kappa shape index (κ3) is 7.35. The molecule has 0 radical (unpaired) electrons. The van der Waals surface area contributed by atoms with Gasteiger partial charge in [-0.15, -0.1) is 0 Å². The molecule has 146 valence electrons. The number of rotatable bonds is 7. The van der Waals surface area contributed by atoms with Gasteiger partial charge in [0.05, 0.1) is 20.3 Å². The summed E-state index contributed by atoms with van der Waals surface area (Å²) in [5.74, 6) is 0.655. The fourth-order valence-corrected chi connectivity index (χ4v) is 2.86. The van der Waals surface area contributed by atoms with Crippen molar-refractivity contribution in [2.24, 2.45) is 0 Å². The molecule has 0 amide bonds. The Balaban J connectivity index is 1.90. The van der Waals surface area contributed by atoms with E-state index in [-0.39, 0.29) is 11.7 Å². The summed E-state index contributed by atoms with van der Waals surface area (Å²) in [4.78, 5) is 3.33. The molecule has 1 fully saturated rings. The summed E-state index contributed by atoms with van der Waals surface area (Å²) in [6, 6.07) is 6.91. The van der Waals surface area contributed by atoms with Crippen LogP contribution in [0.15, 0.2) is 24.3 Å². The zero-order chi connectivity index (χ0) is 19.0. The molecular weight excluding hydrogens is 367 g/mol. The number of hydrogen-bond donors (Lipinski definition) is 1. The second-order valence-corrected chi connectivity index (χ2v) is 6.39. The predicted octanol–water partition coefficient (Wildman–Crippen LogP) is 2.27. The molecule has 2 rings (SSSR count). The fourth-order valence-electron chi connectivity index (χ4n) is 2.62. The van der Waals surface area contributed by atoms with E-state index in [4.69, 9.17) is 21.7 Å². The highest BCUT2D eigenvalue weighted by Crippen LogP contribution is 2.19. The van der Waals surface area contributed by atoms with Gasteiger partial charge in [-0.2, -0.15) is 13.2 Å². The smallest absolute Gasteiger partial charge is 0.406 e. The first-order chi connectivity index (χ1) is 12.4. The van der Waals surface area contributed by atoms with Gasteiger partial charge in [0.25, 0.3) is 0 Å². The van der Waals surface area contributed by atoms with Gasteiger partial charge < -0.3 is 19.7 Å². The third-order valence-electron chi connectivity index (χ3n) is 4.00. The number of thiocarbonyl (C=S) groups is 1. The molecule has 26 heavy (non-hydrogen) atoms. The van der Waals surface area contributed by atoms with Gasteiger partial charge in [-0.1, -0.05) is 12.1 Å². The van der Waals surface area contributed by atoms with Crippen LogP contribution in [0.25, 0.3) is 0 Å². The van der Waals surface area contributed by atoms with Gasteiger partial charge >= 0.3 is 6.18 Å². The third-order valence-corrected chi connectivity index (χ3v) is 4.40. The molecule has 1 N–H and O–H groups in total. The van der Waals surface area contributed by atoms with Crippen molar-refractivity contribution in [2.45, 2.75) is 12.7 Å². The molecule has 5 nitrogen and oxygen atoms in total. The first kappa shape index (κ1) is 20.7. The second kappa shape index (κ2) is 9.94. The topological polar surface area (TPSA) is 37.0 Å². The molecule has 9 heteroatoms. The lowest BCUT2D eigenvalue weighted by molar-refractivity contribution is -0.138. The lowest BCUT2D eigenvalue weighted by atomic mass is 10.2. The number of morpholine rings is 1. The van der Waals surface area contributed by atoms with Gasteiger partial charge in [0.2, 0.25) is 0 Å². The number of ether oxygens (including phenoxy) is 2. The van der Waals surface area contributed by atoms with Crippen molar-refractivity contribution in [2.75, 3.05) is 53.0 Å². The molecule has 0 spiro atoms. The van der Waals surface area contributed by atoms with Gasteiger partial charge in [-0.25, -0.2) is 0 Å². The Bertz CT molecular complexity index is 563. The fraction of sp³-hybridized carbons (Fsp3) is 0.588. The highest BCUT2D eigenvalue weighted by molar-refractivity contribution is 7.80. The molecule has 1 aliphatic rings. The van der Waals surface area contributed by atoms with Crippen LogP contribution in [0.5, 0.6) is 5.75 Å². The number of nitrogens with one attached hydrogen (secondary N) is 1. The Morgan fingerprint density at radius 1 is 1.27 bits per heavy atom. The van der Waals surface area contributed by atoms with Crippen molar-refractivity contribution < 1.29 is 22.6 Å². The SMILES string of the molecule is COc1ccc(CN(CC(F)(F)F)C(=S)NCCN2CCOCC2)cc1. The number of hydrogen-bond acceptors (Lipinski definition) is 4. The molecule has 1 saturated heterocycles. The largest absolute Gasteiger partial charge is 0.497 e. The minimum atomic E-state index is -4.33. The van der Waals surface area contributed by atoms with E-state index in [2.05, 4.69) is 10.2 Å². The highest BCUT2D eigenvalue weighted by Gasteiger charge is 2.32. The average molecular weight is 391 g/mol. The lowest BCUT2D eigenvalue weighted by Crippen LogP contribution is -2.47. The highest BCUT2D eigenvalue weighted by atomic mass is 32.1. The molecule has 0 bridgehead atoms. The normalized spacial score (nSPS) is 15.5. The Kier molecular flexibility index (Phi) is 7.92. The summed E-state index contributed by atoms with van der Waals surface area (Å²) in [7, 11) is 1.54. The van der Waals surface area contributed by atoms with E-state index in [0.717, 1.165) is 23.6 Å². The van der Waals surface area contributed by atoms with Crippen LogP contribution in [0.4, 0.5) is 13.2 Å². The Morgan fingerprint density at radius 3 is 2.50 bits per heavy atom. The molecule has 0 aliphatic carbocycles. The van der Waals surface area contributed by atoms with Crippen LogP contribution >= 0.6 is 12.2 Å². The van der Waals surface area contributed by atoms with Crippen LogP contribution in [0.3, 0.4) is 0 Å². The second-order valence-electron chi connectivity index (χ2n) is 6.01. The lowest BCUT2D eigenvalue weighted by Gasteiger charge is -2.29. The first-order valence-corrected chi connectivity index (χ1v) is 8.81. The summed E-state index contributed by atoms with van der Waals surface area (Å²) in [5.41, 5.74) is 0.729. The van der Waals surface area contributed by atoms with Crippen molar-refractivity contribution in [1.82, 2.24) is 15.1 Å². The number of methoxy groups -OCH3 is 1. The number of nitrogens with zero attached hydrogens (tertiary/aromatic N) is 2. The van der Waals surface area contributed by atoms with E-state index in [0.29, 0.717) is 32.1 Å². The van der Waals surface area contributed by atoms with Gasteiger partial charge in [-0.3, -0.25) is 4.90 Å². The Hall–Kier alpha value is -1.58. The van der Waals surface area contributed by atoms with Crippen molar-refractivity contribution in [1.29, 1.82) is 0 Å². The van der Waals surface area contributed by atoms with Gasteiger partial charge in [0.15, 0.2) is 5.11 Å². The summed E-state index contributed by atoms with van der Waals surface area (Å²) < 4.78 is 49.1. The van der Waals surface area contributed by atoms with Crippen LogP contribution in [0, 0.1) is 0 Å². The van der Waals surface area contributed by atoms with Crippen LogP contribution < -0.4 is 10.1 Å². The minimum Gasteiger partial charge on any atom is -0.497 e. The monoisotopic (exact) mass is 391 g/mol. The van der Waals surface area contributed by atoms with Crippen molar-refractivity contribution >= 4 is 17.3 Å². The molecule has 1 aromatic carbocycles. The first-order valence-electron chi connectivity index (χ1n) is 8.40. The Labute approximate surface area is 157 Å². The average Bonchev–Trinajstić information content (AvgIpc) is 2.61. The van der Waals surface area contributed by atoms with E-state index >= 15 is 0 Å². The van der Waals surface area contributed by atoms with Crippen molar-refractivity contribution in [3.63, 3.8) is 0 Å². The van der Waals surface area contributed by atoms with Gasteiger partial charge in [0, 0.05) is 32.7 Å². The molecule has 0 aromatic heterocycles. The Morgan fingerprint density at radius 2 is 1.92 bits per heavy atom. The molecular formula is C17H24F3N3O2S. The quantitative estimate of drug-likeness (QED) is 0.719. The van der Waals surface area contributed by atoms with Crippen LogP contribution in [0.2, 0.25) is 0 Å². The summed E-state index contributed by atoms with van der Waals surface area (Å²) in [6.07, 6.45) is -4.33. The zero-order valence-electron chi connectivity index (χ0n) is 14.7. The predicted molar refractivity (Wildman–Crippen MR) is 97.3 cm³/mol. The summed E-state index contributed by atoms with van der Waals surface area (Å²) >= 11 is 5.21. The maximum absolute atomic E-state index is 12.9. The standard InChI is InChI=1S/C17H24F3N3O2S/c1-24-15-4-2-14(3-5-15)12-23(13-17(18,19)20)16(26)21-6-7-22-8-10-25-11-9-22/h2-5H,6-13H2,1H3,(H,21,26). The number of halogens is 3. The molecule has 1 aliphatic heterocycles. The van der Waals surface area contributed by atoms with Crippen LogP contribution in [-0.4, -0.2) is 74.1 Å². The molecule has 1 heterocycles. The number of benzene rings is 1. The molecule has 0 unspecified atom stereocenters. The summed E-state index contributed by atoms with van der Waals surface area (Å²) in [6.45, 7) is 3.21. The minimum absolute atomic E-state index is 0.0763. The maximum atomic E-state index is 12.9. The van der Waals surface area contributed by atoms with Gasteiger partial charge in [0.1, 0.15) is 12.3 Å². The van der Waals surface area contributed by atoms with E-state index in [1.165, 1.54) is 0 Å². The van der Waals surface area contributed by atoms with E-state index < -0.39 is 12.7 Å². The summed E-state index contributed by atoms with van der Waals surface area (Å²) in [5, 5.41) is 3.05. The van der Waals surface area contributed by atoms with E-state index in [9.17, 15) is 13.2 Å². The van der Waals surface area contributed by atoms with Crippen molar-refractivity contribution in [3.05, 3.63) is 29.8 Å². The van der Waals surface area contributed by atoms with Crippen LogP contribution in [-0.2, 0) is 11.3 Å². The zero-order valence-corrected chi connectivity index (χ0v) is 15.5. The van der Waals surface area contributed by atoms with E-state index in [1.807, 2.05) is 0 Å². The van der Waals surface area contributed by atoms with E-state index in [1.54, 1.807) is 31.4 Å². The molecule has 0 saturated carbocycles. The molecule has 1 aromatic rings. The van der Waals surface area contributed by atoms with Crippen molar-refractivity contribution in [3.8, 4) is 5.75 Å². The molecule has 0 atom stereocenters. The van der Waals surface area contributed by atoms with Crippen LogP contribution in [0.1, 0.15) is 5.56 Å². The maximum Gasteiger partial charge on any atom is 0.406 e. The number of alkyl halides is 3. The van der Waals surface area contributed by atoms with Gasteiger partial charge in [-0.05, 0) is 29.9 Å².